The van der Waals surface area contributed by atoms with Crippen molar-refractivity contribution in [3.05, 3.63) is 58.1 Å². The molecule has 0 aliphatic heterocycles. The van der Waals surface area contributed by atoms with Crippen LogP contribution in [0.5, 0.6) is 5.75 Å². The van der Waals surface area contributed by atoms with Gasteiger partial charge in [0, 0.05) is 10.0 Å². The quantitative estimate of drug-likeness (QED) is 0.612. The Labute approximate surface area is 167 Å². The van der Waals surface area contributed by atoms with Crippen LogP contribution in [-0.4, -0.2) is 28.0 Å². The number of nitrogens with one attached hydrogen (secondary N) is 1. The van der Waals surface area contributed by atoms with E-state index in [2.05, 4.69) is 15.9 Å². The van der Waals surface area contributed by atoms with Crippen molar-refractivity contribution in [3.63, 3.8) is 0 Å². The summed E-state index contributed by atoms with van der Waals surface area (Å²) in [6.07, 6.45) is -4.69. The number of methoxy groups -OCH3 is 1. The molecule has 2 rings (SSSR count). The average Bonchev–Trinajstić information content (AvgIpc) is 2.64. The lowest BCUT2D eigenvalue weighted by atomic mass is 10.2. The van der Waals surface area contributed by atoms with Crippen LogP contribution in [0.3, 0.4) is 0 Å². The van der Waals surface area contributed by atoms with Crippen molar-refractivity contribution in [2.45, 2.75) is 17.7 Å². The van der Waals surface area contributed by atoms with Crippen LogP contribution in [-0.2, 0) is 32.3 Å². The average molecular weight is 482 g/mol. The second-order valence-corrected chi connectivity index (χ2v) is 8.15. The molecule has 0 unspecified atom stereocenters. The Bertz CT molecular complexity index is 964. The number of rotatable bonds is 7. The molecule has 0 bridgehead atoms. The number of carbonyl (C=O) groups excluding carboxylic acids is 1. The summed E-state index contributed by atoms with van der Waals surface area (Å²) in [6, 6.07) is 8.25. The maximum Gasteiger partial charge on any atom is 0.416 e. The van der Waals surface area contributed by atoms with Crippen LogP contribution in [0.4, 0.5) is 13.2 Å². The molecule has 0 spiro atoms. The van der Waals surface area contributed by atoms with E-state index in [4.69, 9.17) is 9.47 Å². The van der Waals surface area contributed by atoms with Gasteiger partial charge in [-0.25, -0.2) is 8.42 Å². The molecule has 0 fully saturated rings. The summed E-state index contributed by atoms with van der Waals surface area (Å²) in [5.41, 5.74) is -0.564. The summed E-state index contributed by atoms with van der Waals surface area (Å²) in [4.78, 5) is 11.2. The Kier molecular flexibility index (Phi) is 7.07. The first kappa shape index (κ1) is 22.2. The largest absolute Gasteiger partial charge is 0.496 e. The van der Waals surface area contributed by atoms with Crippen molar-refractivity contribution in [1.29, 1.82) is 0 Å². The highest BCUT2D eigenvalue weighted by molar-refractivity contribution is 9.10. The summed E-state index contributed by atoms with van der Waals surface area (Å²) in [6.45, 7) is -0.915. The number of hydrogen-bond donors (Lipinski definition) is 1. The van der Waals surface area contributed by atoms with Gasteiger partial charge in [-0.1, -0.05) is 22.0 Å². The predicted octanol–water partition coefficient (Wildman–Crippen LogP) is 3.50. The lowest BCUT2D eigenvalue weighted by Crippen LogP contribution is -2.30. The number of alkyl halides is 3. The van der Waals surface area contributed by atoms with E-state index >= 15 is 0 Å². The molecule has 0 aliphatic carbocycles. The summed E-state index contributed by atoms with van der Waals surface area (Å²) >= 11 is 3.27. The van der Waals surface area contributed by atoms with E-state index in [1.807, 2.05) is 4.72 Å². The van der Waals surface area contributed by atoms with Crippen molar-refractivity contribution in [3.8, 4) is 5.75 Å². The summed E-state index contributed by atoms with van der Waals surface area (Å²) in [7, 11) is -2.88. The zero-order valence-electron chi connectivity index (χ0n) is 14.4. The Morgan fingerprint density at radius 1 is 1.18 bits per heavy atom. The molecular weight excluding hydrogens is 467 g/mol. The molecule has 0 saturated carbocycles. The lowest BCUT2D eigenvalue weighted by Gasteiger charge is -2.11. The smallest absolute Gasteiger partial charge is 0.416 e. The third-order valence-corrected chi connectivity index (χ3v) is 5.40. The van der Waals surface area contributed by atoms with Gasteiger partial charge in [-0.3, -0.25) is 4.79 Å². The van der Waals surface area contributed by atoms with Gasteiger partial charge < -0.3 is 9.47 Å². The normalized spacial score (nSPS) is 11.9. The Morgan fingerprint density at radius 2 is 1.89 bits per heavy atom. The molecule has 0 aliphatic rings. The number of benzene rings is 2. The van der Waals surface area contributed by atoms with E-state index < -0.39 is 39.2 Å². The molecule has 28 heavy (non-hydrogen) atoms. The van der Waals surface area contributed by atoms with Crippen LogP contribution >= 0.6 is 15.9 Å². The van der Waals surface area contributed by atoms with E-state index in [-0.39, 0.29) is 6.61 Å². The molecule has 0 aromatic heterocycles. The number of hydrogen-bond acceptors (Lipinski definition) is 5. The first-order valence-corrected chi connectivity index (χ1v) is 9.95. The Hall–Kier alpha value is -2.11. The molecule has 152 valence electrons. The number of sulfonamides is 1. The molecular formula is C17H15BrF3NO5S. The summed E-state index contributed by atoms with van der Waals surface area (Å²) in [5.74, 6) is -0.432. The lowest BCUT2D eigenvalue weighted by molar-refractivity contribution is -0.143. The van der Waals surface area contributed by atoms with Gasteiger partial charge in [0.1, 0.15) is 18.9 Å². The second kappa shape index (κ2) is 8.93. The highest BCUT2D eigenvalue weighted by Crippen LogP contribution is 2.30. The minimum atomic E-state index is -4.69. The van der Waals surface area contributed by atoms with Gasteiger partial charge in [-0.15, -0.1) is 0 Å². The molecule has 0 heterocycles. The molecule has 11 heteroatoms. The fourth-order valence-corrected chi connectivity index (χ4v) is 3.57. The van der Waals surface area contributed by atoms with Crippen LogP contribution in [0, 0.1) is 0 Å². The highest BCUT2D eigenvalue weighted by Gasteiger charge is 2.31. The molecule has 2 aromatic rings. The first-order valence-electron chi connectivity index (χ1n) is 7.68. The number of halogens is 4. The SMILES string of the molecule is COc1ccc(Br)cc1COC(=O)CNS(=O)(=O)c1cccc(C(F)(F)F)c1. The fraction of sp³-hybridized carbons (Fsp3) is 0.235. The maximum atomic E-state index is 12.7. The van der Waals surface area contributed by atoms with Gasteiger partial charge >= 0.3 is 12.1 Å². The van der Waals surface area contributed by atoms with Crippen LogP contribution < -0.4 is 9.46 Å². The molecule has 1 N–H and O–H groups in total. The van der Waals surface area contributed by atoms with E-state index in [1.54, 1.807) is 18.2 Å². The van der Waals surface area contributed by atoms with Crippen molar-refractivity contribution in [2.75, 3.05) is 13.7 Å². The van der Waals surface area contributed by atoms with Crippen LogP contribution in [0.25, 0.3) is 0 Å². The minimum absolute atomic E-state index is 0.174. The third kappa shape index (κ3) is 5.94. The standard InChI is InChI=1S/C17H15BrF3NO5S/c1-26-15-6-5-13(18)7-11(15)10-27-16(23)9-22-28(24,25)14-4-2-3-12(8-14)17(19,20)21/h2-8,22H,9-10H2,1H3. The molecule has 0 atom stereocenters. The van der Waals surface area contributed by atoms with Gasteiger partial charge in [0.25, 0.3) is 0 Å². The molecule has 6 nitrogen and oxygen atoms in total. The van der Waals surface area contributed by atoms with Crippen molar-refractivity contribution in [2.24, 2.45) is 0 Å². The van der Waals surface area contributed by atoms with Crippen molar-refractivity contribution < 1.29 is 35.9 Å². The third-order valence-electron chi connectivity index (χ3n) is 3.51. The Morgan fingerprint density at radius 3 is 2.54 bits per heavy atom. The molecule has 0 saturated heterocycles. The highest BCUT2D eigenvalue weighted by atomic mass is 79.9. The zero-order chi connectivity index (χ0) is 20.9. The van der Waals surface area contributed by atoms with Crippen LogP contribution in [0.2, 0.25) is 0 Å². The van der Waals surface area contributed by atoms with E-state index in [0.29, 0.717) is 17.4 Å². The van der Waals surface area contributed by atoms with E-state index in [9.17, 15) is 26.4 Å². The first-order chi connectivity index (χ1) is 13.0. The molecule has 0 radical (unpaired) electrons. The topological polar surface area (TPSA) is 81.7 Å². The van der Waals surface area contributed by atoms with Gasteiger partial charge in [0.15, 0.2) is 0 Å². The van der Waals surface area contributed by atoms with Crippen molar-refractivity contribution in [1.82, 2.24) is 4.72 Å². The second-order valence-electron chi connectivity index (χ2n) is 5.47. The maximum absolute atomic E-state index is 12.7. The van der Waals surface area contributed by atoms with E-state index in [1.165, 1.54) is 7.11 Å². The van der Waals surface area contributed by atoms with Gasteiger partial charge in [-0.2, -0.15) is 17.9 Å². The predicted molar refractivity (Wildman–Crippen MR) is 97.1 cm³/mol. The zero-order valence-corrected chi connectivity index (χ0v) is 16.8. The molecule has 2 aromatic carbocycles. The number of carbonyl (C=O) groups is 1. The van der Waals surface area contributed by atoms with Gasteiger partial charge in [-0.05, 0) is 36.4 Å². The Balaban J connectivity index is 2.00. The van der Waals surface area contributed by atoms with Gasteiger partial charge in [0.05, 0.1) is 17.6 Å². The number of ether oxygens (including phenoxy) is 2. The summed E-state index contributed by atoms with van der Waals surface area (Å²) < 4.78 is 75.2. The fourth-order valence-electron chi connectivity index (χ4n) is 2.15. The summed E-state index contributed by atoms with van der Waals surface area (Å²) in [5, 5.41) is 0. The monoisotopic (exact) mass is 481 g/mol. The minimum Gasteiger partial charge on any atom is -0.496 e. The van der Waals surface area contributed by atoms with Crippen LogP contribution in [0.15, 0.2) is 51.8 Å². The molecule has 0 amide bonds. The van der Waals surface area contributed by atoms with E-state index in [0.717, 1.165) is 22.7 Å². The van der Waals surface area contributed by atoms with Gasteiger partial charge in [0.2, 0.25) is 10.0 Å². The number of esters is 1. The van der Waals surface area contributed by atoms with Crippen molar-refractivity contribution >= 4 is 31.9 Å². The van der Waals surface area contributed by atoms with Crippen LogP contribution in [0.1, 0.15) is 11.1 Å².